The first-order valence-electron chi connectivity index (χ1n) is 6.38. The summed E-state index contributed by atoms with van der Waals surface area (Å²) in [5.74, 6) is -0.283. The molecule has 0 heterocycles. The van der Waals surface area contributed by atoms with Crippen LogP contribution in [-0.2, 0) is 10.2 Å². The molecule has 2 heteroatoms. The molecule has 0 atom stereocenters. The first-order chi connectivity index (χ1) is 9.05. The Labute approximate surface area is 113 Å². The number of carbonyl (C=O) groups excluding carboxylic acids is 1. The van der Waals surface area contributed by atoms with Crippen LogP contribution in [0.2, 0.25) is 0 Å². The second-order valence-electron chi connectivity index (χ2n) is 5.42. The molecule has 0 aliphatic heterocycles. The minimum atomic E-state index is -0.283. The van der Waals surface area contributed by atoms with Gasteiger partial charge in [-0.2, -0.15) is 0 Å². The van der Waals surface area contributed by atoms with E-state index in [1.54, 1.807) is 0 Å². The molecule has 0 bridgehead atoms. The average Bonchev–Trinajstić information content (AvgIpc) is 2.67. The van der Waals surface area contributed by atoms with Gasteiger partial charge in [0.25, 0.3) is 0 Å². The van der Waals surface area contributed by atoms with Crippen LogP contribution in [0.5, 0.6) is 0 Å². The second kappa shape index (κ2) is 3.95. The maximum atomic E-state index is 11.7. The molecule has 1 aliphatic rings. The lowest BCUT2D eigenvalue weighted by molar-refractivity contribution is 0.0600. The summed E-state index contributed by atoms with van der Waals surface area (Å²) < 4.78 is 4.80. The quantitative estimate of drug-likeness (QED) is 0.722. The summed E-state index contributed by atoms with van der Waals surface area (Å²) in [6, 6.07) is 14.2. The van der Waals surface area contributed by atoms with E-state index in [1.165, 1.54) is 29.4 Å². The lowest BCUT2D eigenvalue weighted by Crippen LogP contribution is -2.15. The van der Waals surface area contributed by atoms with E-state index >= 15 is 0 Å². The van der Waals surface area contributed by atoms with Crippen LogP contribution in [-0.4, -0.2) is 13.1 Å². The number of carbonyl (C=O) groups is 1. The molecule has 0 saturated heterocycles. The molecule has 0 aromatic heterocycles. The van der Waals surface area contributed by atoms with Gasteiger partial charge in [-0.25, -0.2) is 4.79 Å². The van der Waals surface area contributed by atoms with Gasteiger partial charge < -0.3 is 4.74 Å². The van der Waals surface area contributed by atoms with Crippen molar-refractivity contribution in [2.45, 2.75) is 19.3 Å². The van der Waals surface area contributed by atoms with Gasteiger partial charge in [0.1, 0.15) is 0 Å². The van der Waals surface area contributed by atoms with Gasteiger partial charge >= 0.3 is 5.97 Å². The highest BCUT2D eigenvalue weighted by molar-refractivity contribution is 5.92. The third-order valence-corrected chi connectivity index (χ3v) is 4.00. The Morgan fingerprint density at radius 1 is 1.00 bits per heavy atom. The molecule has 2 aromatic rings. The van der Waals surface area contributed by atoms with E-state index in [9.17, 15) is 4.79 Å². The Morgan fingerprint density at radius 3 is 2.42 bits per heavy atom. The van der Waals surface area contributed by atoms with Gasteiger partial charge in [-0.1, -0.05) is 44.2 Å². The molecule has 0 radical (unpaired) electrons. The SMILES string of the molecule is COC(=O)c1ccc2c(c1)C(C)(C)c1ccccc1-2. The van der Waals surface area contributed by atoms with E-state index < -0.39 is 0 Å². The molecule has 19 heavy (non-hydrogen) atoms. The van der Waals surface area contributed by atoms with Crippen LogP contribution in [0.25, 0.3) is 11.1 Å². The Hall–Kier alpha value is -2.09. The molecule has 3 rings (SSSR count). The van der Waals surface area contributed by atoms with Crippen molar-refractivity contribution in [3.05, 3.63) is 59.2 Å². The fraction of sp³-hybridized carbons (Fsp3) is 0.235. The molecule has 0 N–H and O–H groups in total. The zero-order valence-corrected chi connectivity index (χ0v) is 11.4. The van der Waals surface area contributed by atoms with E-state index in [0.717, 1.165) is 0 Å². The second-order valence-corrected chi connectivity index (χ2v) is 5.42. The first kappa shape index (κ1) is 12.0. The maximum Gasteiger partial charge on any atom is 0.337 e. The molecular weight excluding hydrogens is 236 g/mol. The largest absolute Gasteiger partial charge is 0.465 e. The predicted octanol–water partition coefficient (Wildman–Crippen LogP) is 3.78. The van der Waals surface area contributed by atoms with Crippen LogP contribution in [0.4, 0.5) is 0 Å². The van der Waals surface area contributed by atoms with Crippen molar-refractivity contribution >= 4 is 5.97 Å². The fourth-order valence-electron chi connectivity index (χ4n) is 2.95. The summed E-state index contributed by atoms with van der Waals surface area (Å²) in [6.45, 7) is 4.39. The number of fused-ring (bicyclic) bond motifs is 3. The molecule has 2 nitrogen and oxygen atoms in total. The van der Waals surface area contributed by atoms with Crippen LogP contribution < -0.4 is 0 Å². The highest BCUT2D eigenvalue weighted by Gasteiger charge is 2.35. The minimum Gasteiger partial charge on any atom is -0.465 e. The van der Waals surface area contributed by atoms with Crippen molar-refractivity contribution in [1.82, 2.24) is 0 Å². The van der Waals surface area contributed by atoms with Crippen molar-refractivity contribution < 1.29 is 9.53 Å². The Morgan fingerprint density at radius 2 is 1.68 bits per heavy atom. The van der Waals surface area contributed by atoms with Gasteiger partial charge in [0.2, 0.25) is 0 Å². The van der Waals surface area contributed by atoms with Crippen LogP contribution in [0.15, 0.2) is 42.5 Å². The van der Waals surface area contributed by atoms with E-state index in [0.29, 0.717) is 5.56 Å². The Balaban J connectivity index is 2.24. The van der Waals surface area contributed by atoms with E-state index in [2.05, 4.69) is 38.1 Å². The smallest absolute Gasteiger partial charge is 0.337 e. The number of esters is 1. The Bertz CT molecular complexity index is 669. The standard InChI is InChI=1S/C17H16O2/c1-17(2)14-7-5-4-6-12(14)13-9-8-11(10-15(13)17)16(18)19-3/h4-10H,1-3H3. The highest BCUT2D eigenvalue weighted by atomic mass is 16.5. The van der Waals surface area contributed by atoms with E-state index in [4.69, 9.17) is 4.74 Å². The zero-order valence-electron chi connectivity index (χ0n) is 11.4. The number of hydrogen-bond donors (Lipinski definition) is 0. The third kappa shape index (κ3) is 1.60. The normalized spacial score (nSPS) is 14.7. The first-order valence-corrected chi connectivity index (χ1v) is 6.38. The van der Waals surface area contributed by atoms with Crippen molar-refractivity contribution in [3.8, 4) is 11.1 Å². The summed E-state index contributed by atoms with van der Waals surface area (Å²) in [5.41, 5.74) is 5.52. The van der Waals surface area contributed by atoms with Gasteiger partial charge in [0.05, 0.1) is 12.7 Å². The molecular formula is C17H16O2. The molecule has 96 valence electrons. The van der Waals surface area contributed by atoms with Gasteiger partial charge in [-0.15, -0.1) is 0 Å². The average molecular weight is 252 g/mol. The van der Waals surface area contributed by atoms with Crippen molar-refractivity contribution in [1.29, 1.82) is 0 Å². The molecule has 0 spiro atoms. The van der Waals surface area contributed by atoms with Crippen LogP contribution in [0.1, 0.15) is 35.3 Å². The van der Waals surface area contributed by atoms with Crippen LogP contribution in [0, 0.1) is 0 Å². The number of methoxy groups -OCH3 is 1. The lowest BCUT2D eigenvalue weighted by Gasteiger charge is -2.21. The molecule has 0 saturated carbocycles. The van der Waals surface area contributed by atoms with E-state index in [-0.39, 0.29) is 11.4 Å². The van der Waals surface area contributed by atoms with Crippen molar-refractivity contribution in [2.24, 2.45) is 0 Å². The minimum absolute atomic E-state index is 0.0735. The molecule has 1 aliphatic carbocycles. The Kier molecular flexibility index (Phi) is 2.49. The maximum absolute atomic E-state index is 11.7. The molecule has 2 aromatic carbocycles. The third-order valence-electron chi connectivity index (χ3n) is 4.00. The predicted molar refractivity (Wildman–Crippen MR) is 75.3 cm³/mol. The topological polar surface area (TPSA) is 26.3 Å². The highest BCUT2D eigenvalue weighted by Crippen LogP contribution is 2.48. The fourth-order valence-corrected chi connectivity index (χ4v) is 2.95. The number of ether oxygens (including phenoxy) is 1. The summed E-state index contributed by atoms with van der Waals surface area (Å²) in [6.07, 6.45) is 0. The number of benzene rings is 2. The zero-order chi connectivity index (χ0) is 13.6. The van der Waals surface area contributed by atoms with Crippen molar-refractivity contribution in [3.63, 3.8) is 0 Å². The number of rotatable bonds is 1. The van der Waals surface area contributed by atoms with Gasteiger partial charge in [0.15, 0.2) is 0 Å². The molecule has 0 unspecified atom stereocenters. The van der Waals surface area contributed by atoms with Gasteiger partial charge in [-0.05, 0) is 34.4 Å². The number of hydrogen-bond acceptors (Lipinski definition) is 2. The van der Waals surface area contributed by atoms with Crippen LogP contribution in [0.3, 0.4) is 0 Å². The van der Waals surface area contributed by atoms with Gasteiger partial charge in [0, 0.05) is 5.41 Å². The van der Waals surface area contributed by atoms with Crippen molar-refractivity contribution in [2.75, 3.05) is 7.11 Å². The summed E-state index contributed by atoms with van der Waals surface area (Å²) in [4.78, 5) is 11.7. The lowest BCUT2D eigenvalue weighted by atomic mass is 9.82. The monoisotopic (exact) mass is 252 g/mol. The molecule has 0 amide bonds. The van der Waals surface area contributed by atoms with Crippen LogP contribution >= 0.6 is 0 Å². The summed E-state index contributed by atoms with van der Waals surface area (Å²) in [7, 11) is 1.41. The summed E-state index contributed by atoms with van der Waals surface area (Å²) in [5, 5.41) is 0. The summed E-state index contributed by atoms with van der Waals surface area (Å²) >= 11 is 0. The molecule has 0 fully saturated rings. The van der Waals surface area contributed by atoms with E-state index in [1.807, 2.05) is 18.2 Å². The van der Waals surface area contributed by atoms with Gasteiger partial charge in [-0.3, -0.25) is 0 Å².